The summed E-state index contributed by atoms with van der Waals surface area (Å²) in [4.78, 5) is 0.243. The summed E-state index contributed by atoms with van der Waals surface area (Å²) < 4.78 is 38.8. The van der Waals surface area contributed by atoms with Crippen LogP contribution >= 0.6 is 23.2 Å². The second-order valence-electron chi connectivity index (χ2n) is 11.5. The van der Waals surface area contributed by atoms with E-state index in [2.05, 4.69) is 45.7 Å². The van der Waals surface area contributed by atoms with Crippen molar-refractivity contribution in [3.63, 3.8) is 0 Å². The molecule has 0 unspecified atom stereocenters. The van der Waals surface area contributed by atoms with Crippen molar-refractivity contribution < 1.29 is 22.3 Å². The number of nitrogens with one attached hydrogen (secondary N) is 2. The first-order valence-electron chi connectivity index (χ1n) is 15.3. The highest BCUT2D eigenvalue weighted by Gasteiger charge is 2.24. The molecule has 0 aliphatic heterocycles. The molecule has 0 aliphatic rings. The van der Waals surface area contributed by atoms with E-state index in [4.69, 9.17) is 27.9 Å². The van der Waals surface area contributed by atoms with E-state index in [0.29, 0.717) is 54.8 Å². The molecular weight excluding hydrogens is 641 g/mol. The molecule has 0 atom stereocenters. The zero-order valence-electron chi connectivity index (χ0n) is 26.9. The molecule has 11 heteroatoms. The van der Waals surface area contributed by atoms with E-state index < -0.39 is 10.0 Å². The van der Waals surface area contributed by atoms with E-state index in [9.17, 15) is 8.42 Å². The number of benzene rings is 3. The molecule has 0 fully saturated rings. The third-order valence-electron chi connectivity index (χ3n) is 8.48. The van der Waals surface area contributed by atoms with Gasteiger partial charge in [-0.2, -0.15) is 13.4 Å². The summed E-state index contributed by atoms with van der Waals surface area (Å²) in [5.41, 5.74) is 6.29. The topological polar surface area (TPSA) is 78.4 Å². The average Bonchev–Trinajstić information content (AvgIpc) is 3.04. The minimum atomic E-state index is -3.74. The normalized spacial score (nSPS) is 11.8. The van der Waals surface area contributed by atoms with Crippen molar-refractivity contribution >= 4 is 66.4 Å². The van der Waals surface area contributed by atoms with Gasteiger partial charge in [0, 0.05) is 74.3 Å². The SMILES string of the molecule is COc1ccc(S(=O)(=O)N(CCCNc2cc(C)[n+](C)c3ccc(Cl)cc23)CCCNc2cc(C)[n+](C)c3ccc(Cl)cc23)cc1. The van der Waals surface area contributed by atoms with Gasteiger partial charge in [-0.3, -0.25) is 0 Å². The van der Waals surface area contributed by atoms with Crippen molar-refractivity contribution in [3.05, 3.63) is 94.2 Å². The Morgan fingerprint density at radius 3 is 1.61 bits per heavy atom. The van der Waals surface area contributed by atoms with Gasteiger partial charge in [0.15, 0.2) is 11.4 Å². The molecule has 0 amide bonds. The molecule has 5 aromatic rings. The van der Waals surface area contributed by atoms with Crippen LogP contribution in [0.5, 0.6) is 5.75 Å². The minimum absolute atomic E-state index is 0.243. The number of methoxy groups -OCH3 is 1. The van der Waals surface area contributed by atoms with Gasteiger partial charge in [0.25, 0.3) is 0 Å². The molecule has 0 aliphatic carbocycles. The summed E-state index contributed by atoms with van der Waals surface area (Å²) in [6.45, 7) is 6.02. The molecule has 46 heavy (non-hydrogen) atoms. The summed E-state index contributed by atoms with van der Waals surface area (Å²) in [6, 6.07) is 22.5. The second-order valence-corrected chi connectivity index (χ2v) is 14.3. The first kappa shape index (κ1) is 33.7. The van der Waals surface area contributed by atoms with E-state index in [1.165, 1.54) is 0 Å². The highest BCUT2D eigenvalue weighted by atomic mass is 35.5. The van der Waals surface area contributed by atoms with Crippen LogP contribution in [0.4, 0.5) is 11.4 Å². The molecule has 0 radical (unpaired) electrons. The zero-order chi connectivity index (χ0) is 33.0. The van der Waals surface area contributed by atoms with E-state index in [-0.39, 0.29) is 4.90 Å². The van der Waals surface area contributed by atoms with Crippen molar-refractivity contribution in [2.45, 2.75) is 31.6 Å². The number of pyridine rings is 2. The zero-order valence-corrected chi connectivity index (χ0v) is 29.2. The number of hydrogen-bond donors (Lipinski definition) is 2. The lowest BCUT2D eigenvalue weighted by atomic mass is 10.1. The number of ether oxygens (including phenoxy) is 1. The molecule has 0 spiro atoms. The van der Waals surface area contributed by atoms with Crippen molar-refractivity contribution in [1.29, 1.82) is 0 Å². The van der Waals surface area contributed by atoms with E-state index in [0.717, 1.165) is 44.6 Å². The summed E-state index contributed by atoms with van der Waals surface area (Å²) in [5.74, 6) is 0.608. The lowest BCUT2D eigenvalue weighted by molar-refractivity contribution is -0.651. The number of rotatable bonds is 13. The summed E-state index contributed by atoms with van der Waals surface area (Å²) in [7, 11) is 1.88. The van der Waals surface area contributed by atoms with Crippen LogP contribution in [0.2, 0.25) is 10.0 Å². The first-order valence-corrected chi connectivity index (χ1v) is 17.5. The van der Waals surface area contributed by atoms with Crippen LogP contribution in [0.1, 0.15) is 24.2 Å². The molecule has 0 saturated heterocycles. The maximum absolute atomic E-state index is 13.9. The molecule has 0 saturated carbocycles. The Kier molecular flexibility index (Phi) is 10.6. The van der Waals surface area contributed by atoms with Crippen LogP contribution in [0.15, 0.2) is 77.7 Å². The molecule has 242 valence electrons. The highest BCUT2D eigenvalue weighted by molar-refractivity contribution is 7.89. The molecule has 3 aromatic carbocycles. The van der Waals surface area contributed by atoms with Gasteiger partial charge < -0.3 is 15.4 Å². The summed E-state index contributed by atoms with van der Waals surface area (Å²) >= 11 is 12.7. The molecule has 2 N–H and O–H groups in total. The van der Waals surface area contributed by atoms with Crippen LogP contribution in [-0.4, -0.2) is 46.0 Å². The Hall–Kier alpha value is -3.63. The van der Waals surface area contributed by atoms with E-state index >= 15 is 0 Å². The van der Waals surface area contributed by atoms with Gasteiger partial charge in [0.05, 0.1) is 34.2 Å². The monoisotopic (exact) mass is 681 g/mol. The van der Waals surface area contributed by atoms with Gasteiger partial charge in [-0.05, 0) is 61.4 Å². The van der Waals surface area contributed by atoms with Crippen LogP contribution in [-0.2, 0) is 24.1 Å². The largest absolute Gasteiger partial charge is 0.497 e. The quantitative estimate of drug-likeness (QED) is 0.109. The summed E-state index contributed by atoms with van der Waals surface area (Å²) in [6.07, 6.45) is 1.23. The minimum Gasteiger partial charge on any atom is -0.497 e. The predicted molar refractivity (Wildman–Crippen MR) is 188 cm³/mol. The Balaban J connectivity index is 1.30. The fraction of sp³-hybridized carbons (Fsp3) is 0.314. The maximum atomic E-state index is 13.9. The average molecular weight is 683 g/mol. The van der Waals surface area contributed by atoms with Gasteiger partial charge in [0.1, 0.15) is 19.8 Å². The molecule has 2 aromatic heterocycles. The first-order chi connectivity index (χ1) is 22.0. The fourth-order valence-corrected chi connectivity index (χ4v) is 7.54. The van der Waals surface area contributed by atoms with Crippen LogP contribution in [0.3, 0.4) is 0 Å². The Morgan fingerprint density at radius 1 is 0.717 bits per heavy atom. The predicted octanol–water partition coefficient (Wildman–Crippen LogP) is 6.57. The highest BCUT2D eigenvalue weighted by Crippen LogP contribution is 2.27. The molecule has 2 heterocycles. The Bertz CT molecular complexity index is 1880. The number of sulfonamides is 1. The van der Waals surface area contributed by atoms with Crippen molar-refractivity contribution in [2.24, 2.45) is 14.1 Å². The number of nitrogens with zero attached hydrogens (tertiary/aromatic N) is 3. The van der Waals surface area contributed by atoms with E-state index in [1.807, 2.05) is 50.5 Å². The van der Waals surface area contributed by atoms with Crippen LogP contribution in [0, 0.1) is 13.8 Å². The smallest absolute Gasteiger partial charge is 0.243 e. The Morgan fingerprint density at radius 2 is 1.17 bits per heavy atom. The van der Waals surface area contributed by atoms with Crippen molar-refractivity contribution in [1.82, 2.24) is 4.31 Å². The Labute approximate surface area is 281 Å². The van der Waals surface area contributed by atoms with Gasteiger partial charge in [-0.1, -0.05) is 23.2 Å². The number of hydrogen-bond acceptors (Lipinski definition) is 5. The fourth-order valence-electron chi connectivity index (χ4n) is 5.68. The second kappa shape index (κ2) is 14.4. The number of aromatic nitrogens is 2. The van der Waals surface area contributed by atoms with Gasteiger partial charge in [-0.15, -0.1) is 0 Å². The number of anilines is 2. The molecule has 8 nitrogen and oxygen atoms in total. The van der Waals surface area contributed by atoms with Crippen LogP contribution < -0.4 is 24.5 Å². The van der Waals surface area contributed by atoms with Gasteiger partial charge in [0.2, 0.25) is 21.1 Å². The molecule has 0 bridgehead atoms. The maximum Gasteiger partial charge on any atom is 0.243 e. The number of halogens is 2. The van der Waals surface area contributed by atoms with Crippen molar-refractivity contribution in [3.8, 4) is 5.75 Å². The standard InChI is InChI=1S/C35H39Cl2N5O3S/c1-24-20-32(30-22-26(36)8-14-34(30)40(24)3)38-16-6-18-42(46(43,44)29-12-10-28(45-5)11-13-29)19-7-17-39-33-21-25(2)41(4)35-15-9-27(37)23-31(33)35/h8-15,20-23H,6-7,16-19H2,1-5H3/p+2. The molecule has 5 rings (SSSR count). The van der Waals surface area contributed by atoms with Gasteiger partial charge in [-0.25, -0.2) is 8.42 Å². The number of fused-ring (bicyclic) bond motifs is 2. The number of aryl methyl sites for hydroxylation is 4. The lowest BCUT2D eigenvalue weighted by Gasteiger charge is -2.23. The van der Waals surface area contributed by atoms with Crippen molar-refractivity contribution in [2.75, 3.05) is 43.9 Å². The third-order valence-corrected chi connectivity index (χ3v) is 10.9. The third kappa shape index (κ3) is 7.33. The van der Waals surface area contributed by atoms with Gasteiger partial charge >= 0.3 is 0 Å². The molecular formula is C35H41Cl2N5O3S+2. The lowest BCUT2D eigenvalue weighted by Crippen LogP contribution is -2.35. The summed E-state index contributed by atoms with van der Waals surface area (Å²) in [5, 5.41) is 10.4. The van der Waals surface area contributed by atoms with E-state index in [1.54, 1.807) is 35.7 Å². The van der Waals surface area contributed by atoms with Crippen LogP contribution in [0.25, 0.3) is 21.8 Å².